The predicted molar refractivity (Wildman–Crippen MR) is 184 cm³/mol. The SMILES string of the molecule is CNCCCNC(=O)N(C)CC(=O)NC(COCCCOCCC(=O)OC)(COCCCOCCC(=O)OC)COCCCOCCC(=O)OC. The molecule has 0 aromatic carbocycles. The van der Waals surface area contributed by atoms with Crippen LogP contribution in [0.15, 0.2) is 0 Å². The van der Waals surface area contributed by atoms with Gasteiger partial charge in [-0.25, -0.2) is 4.79 Å². The second kappa shape index (κ2) is 32.8. The number of amides is 3. The maximum absolute atomic E-state index is 13.3. The van der Waals surface area contributed by atoms with E-state index < -0.39 is 11.4 Å². The van der Waals surface area contributed by atoms with Gasteiger partial charge in [0.2, 0.25) is 5.91 Å². The van der Waals surface area contributed by atoms with Crippen LogP contribution in [-0.4, -0.2) is 175 Å². The van der Waals surface area contributed by atoms with E-state index in [2.05, 4.69) is 30.2 Å². The Kier molecular flexibility index (Phi) is 30.7. The van der Waals surface area contributed by atoms with E-state index in [4.69, 9.17) is 28.4 Å². The maximum atomic E-state index is 13.3. The topological polar surface area (TPSA) is 208 Å². The average molecular weight is 739 g/mol. The molecule has 0 spiro atoms. The molecule has 51 heavy (non-hydrogen) atoms. The summed E-state index contributed by atoms with van der Waals surface area (Å²) in [4.78, 5) is 61.0. The monoisotopic (exact) mass is 738 g/mol. The number of hydrogen-bond acceptors (Lipinski definition) is 15. The number of likely N-dealkylation sites (N-methyl/N-ethyl adjacent to an activating group) is 1. The fourth-order valence-electron chi connectivity index (χ4n) is 4.12. The molecule has 3 N–H and O–H groups in total. The molecule has 0 unspecified atom stereocenters. The standard InChI is InChI=1S/C33H62N4O14/c1-34-13-6-14-35-32(42)37(2)24-28(38)36-33(25-49-18-7-15-46-21-10-29(39)43-3,26-50-19-8-16-47-22-11-30(40)44-4)27-51-20-9-17-48-23-12-31(41)45-5/h34H,6-27H2,1-5H3,(H,35,42)(H,36,38). The Bertz CT molecular complexity index is 864. The van der Waals surface area contributed by atoms with Gasteiger partial charge in [0.1, 0.15) is 12.1 Å². The molecule has 0 saturated carbocycles. The van der Waals surface area contributed by atoms with E-state index >= 15 is 0 Å². The zero-order chi connectivity index (χ0) is 38.0. The van der Waals surface area contributed by atoms with Crippen molar-refractivity contribution in [2.45, 2.75) is 50.5 Å². The molecule has 18 nitrogen and oxygen atoms in total. The molecule has 0 rings (SSSR count). The third-order valence-electron chi connectivity index (χ3n) is 6.91. The van der Waals surface area contributed by atoms with Crippen molar-refractivity contribution >= 4 is 29.8 Å². The number of rotatable bonds is 34. The smallest absolute Gasteiger partial charge is 0.317 e. The zero-order valence-electron chi connectivity index (χ0n) is 31.2. The summed E-state index contributed by atoms with van der Waals surface area (Å²) < 4.78 is 48.2. The molecule has 0 heterocycles. The van der Waals surface area contributed by atoms with Gasteiger partial charge in [-0.15, -0.1) is 0 Å². The number of hydrogen-bond donors (Lipinski definition) is 3. The predicted octanol–water partition coefficient (Wildman–Crippen LogP) is 0.0515. The zero-order valence-corrected chi connectivity index (χ0v) is 31.2. The summed E-state index contributed by atoms with van der Waals surface area (Å²) in [5.41, 5.74) is -1.13. The molecule has 298 valence electrons. The van der Waals surface area contributed by atoms with Gasteiger partial charge in [-0.2, -0.15) is 0 Å². The highest BCUT2D eigenvalue weighted by molar-refractivity contribution is 5.84. The summed E-state index contributed by atoms with van der Waals surface area (Å²) >= 11 is 0. The highest BCUT2D eigenvalue weighted by Gasteiger charge is 2.34. The van der Waals surface area contributed by atoms with Crippen LogP contribution in [0.1, 0.15) is 44.9 Å². The lowest BCUT2D eigenvalue weighted by atomic mass is 10.0. The van der Waals surface area contributed by atoms with Crippen molar-refractivity contribution in [3.05, 3.63) is 0 Å². The molecule has 0 atom stereocenters. The van der Waals surface area contributed by atoms with Crippen LogP contribution in [0.4, 0.5) is 4.79 Å². The fraction of sp³-hybridized carbons (Fsp3) is 0.848. The van der Waals surface area contributed by atoms with Crippen LogP contribution in [0.5, 0.6) is 0 Å². The van der Waals surface area contributed by atoms with Gasteiger partial charge >= 0.3 is 23.9 Å². The number of ether oxygens (including phenoxy) is 9. The van der Waals surface area contributed by atoms with Gasteiger partial charge in [0, 0.05) is 53.2 Å². The lowest BCUT2D eigenvalue weighted by Crippen LogP contribution is -2.60. The van der Waals surface area contributed by atoms with Gasteiger partial charge in [0.25, 0.3) is 0 Å². The average Bonchev–Trinajstić information content (AvgIpc) is 3.12. The summed E-state index contributed by atoms with van der Waals surface area (Å²) in [6, 6.07) is -0.387. The summed E-state index contributed by atoms with van der Waals surface area (Å²) in [7, 11) is 7.30. The second-order valence-corrected chi connectivity index (χ2v) is 11.4. The first kappa shape index (κ1) is 47.9. The molecule has 0 aromatic rings. The van der Waals surface area contributed by atoms with E-state index in [-0.39, 0.29) is 109 Å². The normalized spacial score (nSPS) is 11.2. The van der Waals surface area contributed by atoms with E-state index in [0.29, 0.717) is 45.6 Å². The number of carbonyl (C=O) groups excluding carboxylic acids is 5. The van der Waals surface area contributed by atoms with Gasteiger partial charge in [-0.1, -0.05) is 0 Å². The van der Waals surface area contributed by atoms with E-state index in [9.17, 15) is 24.0 Å². The van der Waals surface area contributed by atoms with Crippen molar-refractivity contribution in [2.24, 2.45) is 0 Å². The molecule has 3 amide bonds. The highest BCUT2D eigenvalue weighted by Crippen LogP contribution is 2.11. The third kappa shape index (κ3) is 28.2. The van der Waals surface area contributed by atoms with E-state index in [0.717, 1.165) is 13.0 Å². The fourth-order valence-corrected chi connectivity index (χ4v) is 4.12. The molecule has 0 fully saturated rings. The Hall–Kier alpha value is -3.13. The minimum absolute atomic E-state index is 0.0199. The Morgan fingerprint density at radius 3 is 1.31 bits per heavy atom. The van der Waals surface area contributed by atoms with Gasteiger partial charge < -0.3 is 63.5 Å². The first-order valence-electron chi connectivity index (χ1n) is 17.2. The summed E-state index contributed by atoms with van der Waals surface area (Å²) in [6.45, 7) is 3.61. The first-order chi connectivity index (χ1) is 24.6. The Labute approximate surface area is 302 Å². The molecule has 0 aliphatic carbocycles. The van der Waals surface area contributed by atoms with Crippen LogP contribution >= 0.6 is 0 Å². The summed E-state index contributed by atoms with van der Waals surface area (Å²) in [5, 5.41) is 8.78. The Morgan fingerprint density at radius 2 is 0.941 bits per heavy atom. The number of esters is 3. The van der Waals surface area contributed by atoms with Gasteiger partial charge in [0.15, 0.2) is 0 Å². The lowest BCUT2D eigenvalue weighted by molar-refractivity contribution is -0.142. The quantitative estimate of drug-likeness (QED) is 0.0453. The maximum Gasteiger partial charge on any atom is 0.317 e. The van der Waals surface area contributed by atoms with Gasteiger partial charge in [-0.3, -0.25) is 19.2 Å². The van der Waals surface area contributed by atoms with Crippen LogP contribution in [0, 0.1) is 0 Å². The number of methoxy groups -OCH3 is 3. The van der Waals surface area contributed by atoms with Crippen LogP contribution in [0.2, 0.25) is 0 Å². The second-order valence-electron chi connectivity index (χ2n) is 11.4. The van der Waals surface area contributed by atoms with Crippen LogP contribution < -0.4 is 16.0 Å². The minimum Gasteiger partial charge on any atom is -0.469 e. The molecule has 0 aliphatic rings. The van der Waals surface area contributed by atoms with Crippen molar-refractivity contribution in [3.63, 3.8) is 0 Å². The largest absolute Gasteiger partial charge is 0.469 e. The molecular formula is C33H62N4O14. The Balaban J connectivity index is 5.39. The molecule has 0 aromatic heterocycles. The number of carbonyl (C=O) groups is 5. The van der Waals surface area contributed by atoms with E-state index in [1.54, 1.807) is 0 Å². The number of nitrogens with zero attached hydrogens (tertiary/aromatic N) is 1. The molecule has 0 radical (unpaired) electrons. The van der Waals surface area contributed by atoms with Gasteiger partial charge in [0.05, 0.1) is 80.2 Å². The van der Waals surface area contributed by atoms with Crippen molar-refractivity contribution in [2.75, 3.05) is 134 Å². The van der Waals surface area contributed by atoms with Crippen LogP contribution in [-0.2, 0) is 61.8 Å². The summed E-state index contributed by atoms with van der Waals surface area (Å²) in [5.74, 6) is -1.51. The van der Waals surface area contributed by atoms with Crippen molar-refractivity contribution in [1.29, 1.82) is 0 Å². The first-order valence-corrected chi connectivity index (χ1v) is 17.2. The molecule has 0 aliphatic heterocycles. The molecule has 0 saturated heterocycles. The van der Waals surface area contributed by atoms with E-state index in [1.807, 2.05) is 7.05 Å². The Morgan fingerprint density at radius 1 is 0.549 bits per heavy atom. The third-order valence-corrected chi connectivity index (χ3v) is 6.91. The number of urea groups is 1. The van der Waals surface area contributed by atoms with Crippen LogP contribution in [0.25, 0.3) is 0 Å². The van der Waals surface area contributed by atoms with Crippen molar-refractivity contribution in [3.8, 4) is 0 Å². The molecular weight excluding hydrogens is 676 g/mol. The number of nitrogens with one attached hydrogen (secondary N) is 3. The highest BCUT2D eigenvalue weighted by atomic mass is 16.5. The lowest BCUT2D eigenvalue weighted by Gasteiger charge is -2.35. The van der Waals surface area contributed by atoms with Gasteiger partial charge in [-0.05, 0) is 39.3 Å². The van der Waals surface area contributed by atoms with Crippen LogP contribution in [0.3, 0.4) is 0 Å². The van der Waals surface area contributed by atoms with Crippen molar-refractivity contribution in [1.82, 2.24) is 20.9 Å². The molecule has 18 heteroatoms. The molecule has 0 bridgehead atoms. The summed E-state index contributed by atoms with van der Waals surface area (Å²) in [6.07, 6.45) is 2.75. The van der Waals surface area contributed by atoms with Crippen molar-refractivity contribution < 1.29 is 66.6 Å². The van der Waals surface area contributed by atoms with E-state index in [1.165, 1.54) is 33.3 Å². The minimum atomic E-state index is -1.13.